The summed E-state index contributed by atoms with van der Waals surface area (Å²) in [7, 11) is 0. The molecule has 0 radical (unpaired) electrons. The molecular weight excluding hydrogens is 354 g/mol. The normalized spacial score (nSPS) is 19.7. The molecule has 5 rings (SSSR count). The molecular formula is C20H23N7O. The van der Waals surface area contributed by atoms with Gasteiger partial charge < -0.3 is 16.0 Å². The Labute approximate surface area is 162 Å². The molecule has 4 heterocycles. The largest absolute Gasteiger partial charge is 0.337 e. The lowest BCUT2D eigenvalue weighted by atomic mass is 9.96. The molecule has 3 aromatic rings. The van der Waals surface area contributed by atoms with Crippen LogP contribution in [0.1, 0.15) is 42.9 Å². The molecule has 2 aromatic heterocycles. The molecule has 2 aliphatic rings. The molecule has 1 amide bonds. The maximum absolute atomic E-state index is 11.9. The van der Waals surface area contributed by atoms with Gasteiger partial charge in [-0.05, 0) is 49.9 Å². The van der Waals surface area contributed by atoms with Crippen molar-refractivity contribution < 1.29 is 4.79 Å². The molecule has 0 aliphatic carbocycles. The van der Waals surface area contributed by atoms with E-state index < -0.39 is 0 Å². The van der Waals surface area contributed by atoms with Gasteiger partial charge in [-0.25, -0.2) is 14.5 Å². The Kier molecular flexibility index (Phi) is 4.40. The Balaban J connectivity index is 1.49. The molecule has 1 saturated heterocycles. The molecule has 1 unspecified atom stereocenters. The van der Waals surface area contributed by atoms with Crippen molar-refractivity contribution in [1.82, 2.24) is 24.9 Å². The summed E-state index contributed by atoms with van der Waals surface area (Å²) in [6, 6.07) is 6.07. The lowest BCUT2D eigenvalue weighted by Gasteiger charge is -2.22. The Morgan fingerprint density at radius 1 is 1.21 bits per heavy atom. The highest BCUT2D eigenvalue weighted by Crippen LogP contribution is 2.29. The van der Waals surface area contributed by atoms with Crippen LogP contribution >= 0.6 is 0 Å². The second-order valence-corrected chi connectivity index (χ2v) is 7.48. The minimum atomic E-state index is 0.0701. The number of benzene rings is 1. The summed E-state index contributed by atoms with van der Waals surface area (Å²) in [5.41, 5.74) is 4.61. The number of carbonyl (C=O) groups is 1. The molecule has 1 aromatic carbocycles. The third kappa shape index (κ3) is 3.31. The lowest BCUT2D eigenvalue weighted by Crippen LogP contribution is -2.29. The van der Waals surface area contributed by atoms with Gasteiger partial charge in [0.05, 0.1) is 11.9 Å². The Morgan fingerprint density at radius 2 is 2.18 bits per heavy atom. The predicted molar refractivity (Wildman–Crippen MR) is 107 cm³/mol. The van der Waals surface area contributed by atoms with Crippen LogP contribution in [0.25, 0.3) is 5.65 Å². The molecule has 8 nitrogen and oxygen atoms in total. The SMILES string of the molecule is O=C1CCCc2ccc(Nc3nc(C4CCCNC4)cn4ncnc34)cc2N1. The van der Waals surface area contributed by atoms with Gasteiger partial charge in [-0.15, -0.1) is 0 Å². The Hall–Kier alpha value is -3.00. The summed E-state index contributed by atoms with van der Waals surface area (Å²) >= 11 is 0. The predicted octanol–water partition coefficient (Wildman–Crippen LogP) is 2.61. The van der Waals surface area contributed by atoms with Gasteiger partial charge in [-0.1, -0.05) is 6.07 Å². The van der Waals surface area contributed by atoms with Crippen molar-refractivity contribution in [2.45, 2.75) is 38.0 Å². The van der Waals surface area contributed by atoms with Crippen LogP contribution < -0.4 is 16.0 Å². The third-order valence-electron chi connectivity index (χ3n) is 5.49. The highest BCUT2D eigenvalue weighted by molar-refractivity contribution is 5.93. The summed E-state index contributed by atoms with van der Waals surface area (Å²) in [6.07, 6.45) is 8.14. The molecule has 8 heteroatoms. The molecule has 28 heavy (non-hydrogen) atoms. The number of aromatic nitrogens is 4. The number of aryl methyl sites for hydroxylation is 1. The van der Waals surface area contributed by atoms with Crippen LogP contribution in [0.4, 0.5) is 17.2 Å². The number of carbonyl (C=O) groups excluding carboxylic acids is 1. The topological polar surface area (TPSA) is 96.2 Å². The first-order chi connectivity index (χ1) is 13.8. The van der Waals surface area contributed by atoms with E-state index in [0.29, 0.717) is 23.8 Å². The molecule has 0 bridgehead atoms. The molecule has 1 fully saturated rings. The summed E-state index contributed by atoms with van der Waals surface area (Å²) in [5.74, 6) is 1.12. The molecule has 1 atom stereocenters. The third-order valence-corrected chi connectivity index (χ3v) is 5.49. The fourth-order valence-corrected chi connectivity index (χ4v) is 4.01. The van der Waals surface area contributed by atoms with Crippen molar-refractivity contribution in [2.24, 2.45) is 0 Å². The van der Waals surface area contributed by atoms with Crippen molar-refractivity contribution >= 4 is 28.7 Å². The van der Waals surface area contributed by atoms with E-state index in [4.69, 9.17) is 4.98 Å². The summed E-state index contributed by atoms with van der Waals surface area (Å²) in [4.78, 5) is 21.1. The van der Waals surface area contributed by atoms with Crippen LogP contribution in [0.2, 0.25) is 0 Å². The van der Waals surface area contributed by atoms with Gasteiger partial charge in [0.1, 0.15) is 6.33 Å². The van der Waals surface area contributed by atoms with E-state index in [2.05, 4.69) is 32.1 Å². The zero-order valence-corrected chi connectivity index (χ0v) is 15.6. The summed E-state index contributed by atoms with van der Waals surface area (Å²) < 4.78 is 1.78. The number of nitrogens with one attached hydrogen (secondary N) is 3. The number of piperidine rings is 1. The minimum Gasteiger partial charge on any atom is -0.337 e. The maximum Gasteiger partial charge on any atom is 0.224 e. The second-order valence-electron chi connectivity index (χ2n) is 7.48. The summed E-state index contributed by atoms with van der Waals surface area (Å²) in [6.45, 7) is 1.99. The zero-order chi connectivity index (χ0) is 18.9. The zero-order valence-electron chi connectivity index (χ0n) is 15.6. The van der Waals surface area contributed by atoms with Gasteiger partial charge in [0, 0.05) is 30.3 Å². The number of fused-ring (bicyclic) bond motifs is 2. The van der Waals surface area contributed by atoms with Crippen LogP contribution in [0.5, 0.6) is 0 Å². The molecule has 0 spiro atoms. The van der Waals surface area contributed by atoms with E-state index in [9.17, 15) is 4.79 Å². The second kappa shape index (κ2) is 7.20. The lowest BCUT2D eigenvalue weighted by molar-refractivity contribution is -0.116. The maximum atomic E-state index is 11.9. The van der Waals surface area contributed by atoms with Crippen molar-refractivity contribution in [3.8, 4) is 0 Å². The van der Waals surface area contributed by atoms with Crippen molar-refractivity contribution in [2.75, 3.05) is 23.7 Å². The average Bonchev–Trinajstić information content (AvgIpc) is 3.11. The number of amides is 1. The standard InChI is InChI=1S/C20H23N7O/c28-18-5-1-3-13-6-7-15(9-16(13)25-18)24-19-20-22-12-23-27(20)11-17(26-19)14-4-2-8-21-10-14/h6-7,9,11-12,14,21H,1-5,8,10H2,(H,24,26)(H,25,28). The van der Waals surface area contributed by atoms with Gasteiger partial charge in [0.2, 0.25) is 5.91 Å². The quantitative estimate of drug-likeness (QED) is 0.649. The molecule has 0 saturated carbocycles. The number of anilines is 3. The monoisotopic (exact) mass is 377 g/mol. The van der Waals surface area contributed by atoms with E-state index in [1.807, 2.05) is 18.3 Å². The first-order valence-corrected chi connectivity index (χ1v) is 9.87. The van der Waals surface area contributed by atoms with E-state index in [-0.39, 0.29) is 5.91 Å². The Morgan fingerprint density at radius 3 is 3.07 bits per heavy atom. The van der Waals surface area contributed by atoms with Crippen molar-refractivity contribution in [3.63, 3.8) is 0 Å². The van der Waals surface area contributed by atoms with Gasteiger partial charge in [0.25, 0.3) is 0 Å². The summed E-state index contributed by atoms with van der Waals surface area (Å²) in [5, 5.41) is 14.2. The molecule has 3 N–H and O–H groups in total. The fourth-order valence-electron chi connectivity index (χ4n) is 4.01. The average molecular weight is 377 g/mol. The van der Waals surface area contributed by atoms with Crippen LogP contribution in [0.15, 0.2) is 30.7 Å². The van der Waals surface area contributed by atoms with Crippen LogP contribution in [-0.4, -0.2) is 38.6 Å². The number of rotatable bonds is 3. The van der Waals surface area contributed by atoms with Crippen LogP contribution in [0.3, 0.4) is 0 Å². The number of nitrogens with zero attached hydrogens (tertiary/aromatic N) is 4. The van der Waals surface area contributed by atoms with Gasteiger partial charge in [0.15, 0.2) is 11.5 Å². The smallest absolute Gasteiger partial charge is 0.224 e. The van der Waals surface area contributed by atoms with Gasteiger partial charge >= 0.3 is 0 Å². The highest BCUT2D eigenvalue weighted by atomic mass is 16.1. The van der Waals surface area contributed by atoms with Crippen molar-refractivity contribution in [3.05, 3.63) is 42.0 Å². The van der Waals surface area contributed by atoms with Crippen molar-refractivity contribution in [1.29, 1.82) is 0 Å². The fraction of sp³-hybridized carbons (Fsp3) is 0.400. The van der Waals surface area contributed by atoms with Gasteiger partial charge in [-0.3, -0.25) is 4.79 Å². The highest BCUT2D eigenvalue weighted by Gasteiger charge is 2.20. The first kappa shape index (κ1) is 17.1. The van der Waals surface area contributed by atoms with Gasteiger partial charge in [-0.2, -0.15) is 5.10 Å². The minimum absolute atomic E-state index is 0.0701. The van der Waals surface area contributed by atoms with E-state index in [1.54, 1.807) is 10.8 Å². The van der Waals surface area contributed by atoms with E-state index >= 15 is 0 Å². The van der Waals surface area contributed by atoms with E-state index in [0.717, 1.165) is 55.8 Å². The number of hydrogen-bond donors (Lipinski definition) is 3. The Bertz CT molecular complexity index is 1020. The number of hydrogen-bond acceptors (Lipinski definition) is 6. The molecule has 2 aliphatic heterocycles. The van der Waals surface area contributed by atoms with Crippen LogP contribution in [0, 0.1) is 0 Å². The van der Waals surface area contributed by atoms with E-state index in [1.165, 1.54) is 5.56 Å². The first-order valence-electron chi connectivity index (χ1n) is 9.87. The van der Waals surface area contributed by atoms with Crippen LogP contribution in [-0.2, 0) is 11.2 Å². The molecule has 144 valence electrons.